The molecule has 9 heteroatoms. The first-order valence-corrected chi connectivity index (χ1v) is 9.77. The average Bonchev–Trinajstić information content (AvgIpc) is 2.78. The molecular weight excluding hydrogens is 426 g/mol. The van der Waals surface area contributed by atoms with Crippen molar-refractivity contribution < 1.29 is 33.3 Å². The Bertz CT molecular complexity index is 916. The van der Waals surface area contributed by atoms with Crippen LogP contribution in [0.25, 0.3) is 0 Å². The van der Waals surface area contributed by atoms with E-state index in [1.165, 1.54) is 21.3 Å². The van der Waals surface area contributed by atoms with Crippen LogP contribution < -0.4 is 10.1 Å². The SMILES string of the molecule is COC(=O)C(Cc1ccc(OC)c(CCOC(=O)Nc2ccccc2Cl)c1)C(=O)OC. The van der Waals surface area contributed by atoms with Gasteiger partial charge in [0.2, 0.25) is 0 Å². The molecule has 0 saturated carbocycles. The highest BCUT2D eigenvalue weighted by molar-refractivity contribution is 6.33. The van der Waals surface area contributed by atoms with Crippen LogP contribution in [0, 0.1) is 5.92 Å². The molecular formula is C22H24ClNO7. The van der Waals surface area contributed by atoms with Crippen molar-refractivity contribution in [2.75, 3.05) is 33.3 Å². The zero-order valence-corrected chi connectivity index (χ0v) is 18.2. The van der Waals surface area contributed by atoms with Crippen LogP contribution in [0.4, 0.5) is 10.5 Å². The Balaban J connectivity index is 2.03. The summed E-state index contributed by atoms with van der Waals surface area (Å²) >= 11 is 6.01. The number of nitrogens with one attached hydrogen (secondary N) is 1. The van der Waals surface area contributed by atoms with Crippen LogP contribution in [-0.4, -0.2) is 46.0 Å². The van der Waals surface area contributed by atoms with Crippen molar-refractivity contribution in [3.8, 4) is 5.75 Å². The van der Waals surface area contributed by atoms with Gasteiger partial charge in [-0.05, 0) is 35.7 Å². The fourth-order valence-electron chi connectivity index (χ4n) is 2.90. The van der Waals surface area contributed by atoms with E-state index < -0.39 is 23.9 Å². The van der Waals surface area contributed by atoms with Crippen molar-refractivity contribution in [2.45, 2.75) is 12.8 Å². The van der Waals surface area contributed by atoms with Crippen molar-refractivity contribution in [3.63, 3.8) is 0 Å². The molecule has 0 atom stereocenters. The monoisotopic (exact) mass is 449 g/mol. The van der Waals surface area contributed by atoms with E-state index in [0.29, 0.717) is 28.4 Å². The van der Waals surface area contributed by atoms with Gasteiger partial charge in [-0.25, -0.2) is 4.79 Å². The second-order valence-electron chi connectivity index (χ2n) is 6.44. The molecule has 0 heterocycles. The summed E-state index contributed by atoms with van der Waals surface area (Å²) in [5.41, 5.74) is 1.90. The third-order valence-corrected chi connectivity index (χ3v) is 4.80. The predicted molar refractivity (Wildman–Crippen MR) is 114 cm³/mol. The second kappa shape index (κ2) is 11.8. The number of ether oxygens (including phenoxy) is 4. The predicted octanol–water partition coefficient (Wildman–Crippen LogP) is 3.64. The Morgan fingerprint density at radius 3 is 2.29 bits per heavy atom. The largest absolute Gasteiger partial charge is 0.496 e. The number of methoxy groups -OCH3 is 3. The molecule has 0 aliphatic heterocycles. The fourth-order valence-corrected chi connectivity index (χ4v) is 3.08. The number of amides is 1. The van der Waals surface area contributed by atoms with E-state index in [0.717, 1.165) is 5.56 Å². The number of anilines is 1. The Labute approximate surface area is 185 Å². The van der Waals surface area contributed by atoms with Gasteiger partial charge in [0.25, 0.3) is 0 Å². The zero-order chi connectivity index (χ0) is 22.8. The van der Waals surface area contributed by atoms with E-state index in [2.05, 4.69) is 5.32 Å². The molecule has 166 valence electrons. The molecule has 31 heavy (non-hydrogen) atoms. The number of carbonyl (C=O) groups is 3. The van der Waals surface area contributed by atoms with Gasteiger partial charge in [0.15, 0.2) is 5.92 Å². The van der Waals surface area contributed by atoms with Gasteiger partial charge in [0.1, 0.15) is 5.75 Å². The topological polar surface area (TPSA) is 100 Å². The maximum absolute atomic E-state index is 12.0. The second-order valence-corrected chi connectivity index (χ2v) is 6.85. The van der Waals surface area contributed by atoms with Gasteiger partial charge in [0.05, 0.1) is 38.6 Å². The highest BCUT2D eigenvalue weighted by Gasteiger charge is 2.29. The highest BCUT2D eigenvalue weighted by atomic mass is 35.5. The number of esters is 2. The van der Waals surface area contributed by atoms with E-state index >= 15 is 0 Å². The van der Waals surface area contributed by atoms with Crippen molar-refractivity contribution in [1.82, 2.24) is 0 Å². The molecule has 0 aliphatic rings. The number of hydrogen-bond acceptors (Lipinski definition) is 7. The molecule has 2 aromatic rings. The smallest absolute Gasteiger partial charge is 0.411 e. The molecule has 0 bridgehead atoms. The van der Waals surface area contributed by atoms with Crippen molar-refractivity contribution in [1.29, 1.82) is 0 Å². The summed E-state index contributed by atoms with van der Waals surface area (Å²) in [5, 5.41) is 2.98. The van der Waals surface area contributed by atoms with Crippen LogP contribution in [-0.2, 0) is 36.6 Å². The van der Waals surface area contributed by atoms with Crippen molar-refractivity contribution in [3.05, 3.63) is 58.6 Å². The summed E-state index contributed by atoms with van der Waals surface area (Å²) in [7, 11) is 3.95. The molecule has 0 unspecified atom stereocenters. The molecule has 2 aromatic carbocycles. The minimum Gasteiger partial charge on any atom is -0.496 e. The van der Waals surface area contributed by atoms with E-state index in [1.807, 2.05) is 0 Å². The van der Waals surface area contributed by atoms with Gasteiger partial charge in [-0.2, -0.15) is 0 Å². The van der Waals surface area contributed by atoms with Gasteiger partial charge in [-0.15, -0.1) is 0 Å². The van der Waals surface area contributed by atoms with Gasteiger partial charge < -0.3 is 18.9 Å². The van der Waals surface area contributed by atoms with E-state index in [-0.39, 0.29) is 13.0 Å². The Hall–Kier alpha value is -3.26. The lowest BCUT2D eigenvalue weighted by Gasteiger charge is -2.15. The Morgan fingerprint density at radius 2 is 1.68 bits per heavy atom. The first kappa shape index (κ1) is 24.0. The molecule has 2 rings (SSSR count). The molecule has 0 spiro atoms. The number of rotatable bonds is 9. The third kappa shape index (κ3) is 6.89. The molecule has 0 fully saturated rings. The minimum atomic E-state index is -1.08. The lowest BCUT2D eigenvalue weighted by atomic mass is 9.97. The summed E-state index contributed by atoms with van der Waals surface area (Å²) in [6, 6.07) is 12.1. The molecule has 0 radical (unpaired) electrons. The number of halogens is 1. The van der Waals surface area contributed by atoms with Crippen LogP contribution in [0.15, 0.2) is 42.5 Å². The molecule has 1 amide bonds. The quantitative estimate of drug-likeness (QED) is 0.354. The number of para-hydroxylation sites is 1. The maximum Gasteiger partial charge on any atom is 0.411 e. The van der Waals surface area contributed by atoms with Crippen molar-refractivity contribution >= 4 is 35.3 Å². The molecule has 0 aliphatic carbocycles. The molecule has 0 aromatic heterocycles. The van der Waals surface area contributed by atoms with Crippen LogP contribution in [0.3, 0.4) is 0 Å². The summed E-state index contributed by atoms with van der Waals surface area (Å²) in [6.45, 7) is 0.0769. The first-order valence-electron chi connectivity index (χ1n) is 9.39. The average molecular weight is 450 g/mol. The summed E-state index contributed by atoms with van der Waals surface area (Å²) in [4.78, 5) is 35.9. The maximum atomic E-state index is 12.0. The van der Waals surface area contributed by atoms with E-state index in [1.54, 1.807) is 42.5 Å². The third-order valence-electron chi connectivity index (χ3n) is 4.47. The first-order chi connectivity index (χ1) is 14.9. The number of carbonyl (C=O) groups excluding carboxylic acids is 3. The lowest BCUT2D eigenvalue weighted by molar-refractivity contribution is -0.158. The molecule has 0 saturated heterocycles. The van der Waals surface area contributed by atoms with Gasteiger partial charge in [-0.3, -0.25) is 14.9 Å². The molecule has 1 N–H and O–H groups in total. The van der Waals surface area contributed by atoms with Crippen LogP contribution in [0.5, 0.6) is 5.75 Å². The lowest BCUT2D eigenvalue weighted by Crippen LogP contribution is -2.28. The minimum absolute atomic E-state index is 0.0769. The van der Waals surface area contributed by atoms with Crippen molar-refractivity contribution in [2.24, 2.45) is 5.92 Å². The summed E-state index contributed by atoms with van der Waals surface area (Å²) in [6.07, 6.45) is -0.183. The number of hydrogen-bond donors (Lipinski definition) is 1. The van der Waals surface area contributed by atoms with Gasteiger partial charge in [-0.1, -0.05) is 35.9 Å². The Kier molecular flexibility index (Phi) is 9.14. The summed E-state index contributed by atoms with van der Waals surface area (Å²) in [5.74, 6) is -1.84. The van der Waals surface area contributed by atoms with E-state index in [9.17, 15) is 14.4 Å². The van der Waals surface area contributed by atoms with Crippen LogP contribution >= 0.6 is 11.6 Å². The van der Waals surface area contributed by atoms with Gasteiger partial charge in [0, 0.05) is 6.42 Å². The van der Waals surface area contributed by atoms with Crippen LogP contribution in [0.2, 0.25) is 5.02 Å². The normalized spacial score (nSPS) is 10.4. The Morgan fingerprint density at radius 1 is 1.00 bits per heavy atom. The zero-order valence-electron chi connectivity index (χ0n) is 17.5. The standard InChI is InChI=1S/C22H24ClNO7/c1-28-19-9-8-14(13-16(20(25)29-2)21(26)30-3)12-15(19)10-11-31-22(27)24-18-7-5-4-6-17(18)23/h4-9,12,16H,10-11,13H2,1-3H3,(H,24,27). The van der Waals surface area contributed by atoms with Gasteiger partial charge >= 0.3 is 18.0 Å². The number of benzene rings is 2. The van der Waals surface area contributed by atoms with E-state index in [4.69, 9.17) is 30.5 Å². The van der Waals surface area contributed by atoms with Crippen LogP contribution in [0.1, 0.15) is 11.1 Å². The molecule has 8 nitrogen and oxygen atoms in total. The highest BCUT2D eigenvalue weighted by Crippen LogP contribution is 2.24. The fraction of sp³-hybridized carbons (Fsp3) is 0.318. The summed E-state index contributed by atoms with van der Waals surface area (Å²) < 4.78 is 20.0.